The fourth-order valence-corrected chi connectivity index (χ4v) is 12.9. The average Bonchev–Trinajstić information content (AvgIpc) is 3.54. The zero-order valence-electron chi connectivity index (χ0n) is 27.0. The van der Waals surface area contributed by atoms with Crippen molar-refractivity contribution in [1.82, 2.24) is 0 Å². The van der Waals surface area contributed by atoms with Crippen LogP contribution in [0, 0.1) is 56.7 Å². The number of carbonyl (C=O) groups excluding carboxylic acids is 2. The molecule has 0 aromatic heterocycles. The number of hydrogen-bond donors (Lipinski definition) is 0. The first-order chi connectivity index (χ1) is 19.2. The Labute approximate surface area is 248 Å². The summed E-state index contributed by atoms with van der Waals surface area (Å²) < 4.78 is 17.5. The van der Waals surface area contributed by atoms with Crippen LogP contribution in [0.4, 0.5) is 0 Å². The highest BCUT2D eigenvalue weighted by molar-refractivity contribution is 5.86. The molecule has 6 rings (SSSR count). The summed E-state index contributed by atoms with van der Waals surface area (Å²) in [5.41, 5.74) is 1.68. The Morgan fingerprint density at radius 1 is 0.805 bits per heavy atom. The van der Waals surface area contributed by atoms with Gasteiger partial charge in [0, 0.05) is 17.8 Å². The predicted molar refractivity (Wildman–Crippen MR) is 160 cm³/mol. The average molecular weight is 569 g/mol. The topological polar surface area (TPSA) is 61.8 Å². The van der Waals surface area contributed by atoms with Crippen molar-refractivity contribution >= 4 is 11.8 Å². The van der Waals surface area contributed by atoms with Gasteiger partial charge in [-0.05, 0) is 117 Å². The second kappa shape index (κ2) is 9.91. The first-order valence-electron chi connectivity index (χ1n) is 16.8. The van der Waals surface area contributed by atoms with Gasteiger partial charge in [0.2, 0.25) is 0 Å². The van der Waals surface area contributed by atoms with Crippen molar-refractivity contribution in [2.75, 3.05) is 13.2 Å². The zero-order valence-corrected chi connectivity index (χ0v) is 27.0. The SMILES string of the molecule is C=C(C)C1CC[C@]2(C(=O)CC3OCCO3)CC[C@]3(C)C(CCC4[C@@]5(C)CC[C@H](OC(C)=O)C(C)(C)C5CC[C@]43C)C12. The summed E-state index contributed by atoms with van der Waals surface area (Å²) in [5, 5.41) is 0. The Bertz CT molecular complexity index is 1090. The lowest BCUT2D eigenvalue weighted by atomic mass is 9.32. The number of ketones is 1. The van der Waals surface area contributed by atoms with E-state index in [0.29, 0.717) is 55.0 Å². The largest absolute Gasteiger partial charge is 0.462 e. The Morgan fingerprint density at radius 3 is 2.17 bits per heavy atom. The number of esters is 1. The van der Waals surface area contributed by atoms with Gasteiger partial charge in [-0.1, -0.05) is 46.8 Å². The van der Waals surface area contributed by atoms with E-state index in [1.165, 1.54) is 31.3 Å². The highest BCUT2D eigenvalue weighted by Crippen LogP contribution is 2.77. The van der Waals surface area contributed by atoms with Gasteiger partial charge in [-0.25, -0.2) is 0 Å². The lowest BCUT2D eigenvalue weighted by molar-refractivity contribution is -0.249. The fourth-order valence-electron chi connectivity index (χ4n) is 12.9. The molecule has 1 aliphatic heterocycles. The van der Waals surface area contributed by atoms with E-state index in [1.807, 2.05) is 0 Å². The molecule has 5 unspecified atom stereocenters. The van der Waals surface area contributed by atoms with Gasteiger partial charge < -0.3 is 14.2 Å². The van der Waals surface area contributed by atoms with Gasteiger partial charge >= 0.3 is 5.97 Å². The van der Waals surface area contributed by atoms with Crippen LogP contribution in [0.15, 0.2) is 12.2 Å². The number of Topliss-reactive ketones (excluding diaryl/α,β-unsaturated/α-hetero) is 1. The Hall–Kier alpha value is -1.20. The number of allylic oxidation sites excluding steroid dienone is 1. The highest BCUT2D eigenvalue weighted by atomic mass is 16.7. The van der Waals surface area contributed by atoms with Crippen molar-refractivity contribution in [2.24, 2.45) is 56.7 Å². The van der Waals surface area contributed by atoms with Crippen LogP contribution in [0.25, 0.3) is 0 Å². The molecule has 5 saturated carbocycles. The van der Waals surface area contributed by atoms with Crippen molar-refractivity contribution in [3.8, 4) is 0 Å². The molecule has 5 heteroatoms. The fraction of sp³-hybridized carbons (Fsp3) is 0.889. The van der Waals surface area contributed by atoms with Crippen molar-refractivity contribution in [1.29, 1.82) is 0 Å². The van der Waals surface area contributed by atoms with E-state index >= 15 is 0 Å². The molecule has 6 fully saturated rings. The van der Waals surface area contributed by atoms with E-state index in [9.17, 15) is 9.59 Å². The van der Waals surface area contributed by atoms with Crippen LogP contribution in [0.5, 0.6) is 0 Å². The summed E-state index contributed by atoms with van der Waals surface area (Å²) in [4.78, 5) is 26.2. The van der Waals surface area contributed by atoms with E-state index in [-0.39, 0.29) is 45.4 Å². The molecule has 1 heterocycles. The molecule has 5 aliphatic carbocycles. The van der Waals surface area contributed by atoms with Crippen LogP contribution in [0.3, 0.4) is 0 Å². The van der Waals surface area contributed by atoms with Crippen molar-refractivity contribution in [3.05, 3.63) is 12.2 Å². The van der Waals surface area contributed by atoms with Gasteiger partial charge in [-0.3, -0.25) is 9.59 Å². The summed E-state index contributed by atoms with van der Waals surface area (Å²) in [6.07, 6.45) is 11.3. The minimum atomic E-state index is -0.358. The van der Waals surface area contributed by atoms with Crippen LogP contribution >= 0.6 is 0 Å². The van der Waals surface area contributed by atoms with Crippen LogP contribution in [0.1, 0.15) is 119 Å². The maximum absolute atomic E-state index is 14.3. The summed E-state index contributed by atoms with van der Waals surface area (Å²) in [5.74, 6) is 2.81. The second-order valence-corrected chi connectivity index (χ2v) is 16.6. The quantitative estimate of drug-likeness (QED) is 0.249. The third-order valence-corrected chi connectivity index (χ3v) is 14.9. The lowest BCUT2D eigenvalue weighted by Crippen LogP contribution is -2.67. The third-order valence-electron chi connectivity index (χ3n) is 14.9. The predicted octanol–water partition coefficient (Wildman–Crippen LogP) is 7.91. The van der Waals surface area contributed by atoms with E-state index in [0.717, 1.165) is 38.5 Å². The van der Waals surface area contributed by atoms with Gasteiger partial charge in [0.25, 0.3) is 0 Å². The normalized spacial score (nSPS) is 48.9. The third kappa shape index (κ3) is 4.13. The van der Waals surface area contributed by atoms with E-state index in [2.05, 4.69) is 48.1 Å². The van der Waals surface area contributed by atoms with Gasteiger partial charge in [0.1, 0.15) is 11.9 Å². The second-order valence-electron chi connectivity index (χ2n) is 16.6. The molecule has 41 heavy (non-hydrogen) atoms. The number of rotatable bonds is 5. The molecule has 0 aromatic rings. The minimum absolute atomic E-state index is 0.0123. The summed E-state index contributed by atoms with van der Waals surface area (Å²) in [6.45, 7) is 22.1. The molecule has 0 bridgehead atoms. The molecule has 5 nitrogen and oxygen atoms in total. The molecular weight excluding hydrogens is 512 g/mol. The summed E-state index contributed by atoms with van der Waals surface area (Å²) in [7, 11) is 0. The maximum Gasteiger partial charge on any atom is 0.302 e. The molecule has 6 aliphatic rings. The molecule has 10 atom stereocenters. The van der Waals surface area contributed by atoms with Crippen molar-refractivity contribution < 1.29 is 23.8 Å². The highest BCUT2D eigenvalue weighted by Gasteiger charge is 2.72. The van der Waals surface area contributed by atoms with Crippen LogP contribution < -0.4 is 0 Å². The Morgan fingerprint density at radius 2 is 1.51 bits per heavy atom. The molecule has 0 aromatic carbocycles. The monoisotopic (exact) mass is 568 g/mol. The van der Waals surface area contributed by atoms with Gasteiger partial charge in [-0.2, -0.15) is 0 Å². The van der Waals surface area contributed by atoms with Gasteiger partial charge in [0.05, 0.1) is 19.6 Å². The standard InChI is InChI=1S/C36H56O5/c1-22(2)24-11-16-36(28(38)21-30-39-19-20-40-30)18-17-34(7)25(31(24)36)9-10-27-33(6)14-13-29(41-23(3)37)32(4,5)26(33)12-15-35(27,34)8/h24-27,29-31H,1,9-21H2,2-8H3/t24?,25?,26?,27?,29-,31?,33-,34+,35+,36+/m0/s1. The van der Waals surface area contributed by atoms with Crippen molar-refractivity contribution in [3.63, 3.8) is 0 Å². The number of carbonyl (C=O) groups is 2. The molecule has 1 saturated heterocycles. The van der Waals surface area contributed by atoms with E-state index < -0.39 is 0 Å². The van der Waals surface area contributed by atoms with Crippen LogP contribution in [-0.2, 0) is 23.8 Å². The number of fused-ring (bicyclic) bond motifs is 7. The first kappa shape index (κ1) is 29.9. The van der Waals surface area contributed by atoms with Crippen LogP contribution in [-0.4, -0.2) is 37.4 Å². The number of hydrogen-bond acceptors (Lipinski definition) is 5. The Balaban J connectivity index is 1.33. The summed E-state index contributed by atoms with van der Waals surface area (Å²) in [6, 6.07) is 0. The maximum atomic E-state index is 14.3. The Kier molecular flexibility index (Phi) is 7.21. The molecular formula is C36H56O5. The minimum Gasteiger partial charge on any atom is -0.462 e. The smallest absolute Gasteiger partial charge is 0.302 e. The molecule has 0 amide bonds. The molecule has 0 spiro atoms. The lowest BCUT2D eigenvalue weighted by Gasteiger charge is -2.73. The first-order valence-corrected chi connectivity index (χ1v) is 16.8. The van der Waals surface area contributed by atoms with Gasteiger partial charge in [-0.15, -0.1) is 0 Å². The van der Waals surface area contributed by atoms with Crippen LogP contribution in [0.2, 0.25) is 0 Å². The van der Waals surface area contributed by atoms with E-state index in [4.69, 9.17) is 14.2 Å². The number of ether oxygens (including phenoxy) is 3. The van der Waals surface area contributed by atoms with Gasteiger partial charge in [0.15, 0.2) is 6.29 Å². The molecule has 230 valence electrons. The molecule has 0 N–H and O–H groups in total. The zero-order chi connectivity index (χ0) is 29.6. The summed E-state index contributed by atoms with van der Waals surface area (Å²) >= 11 is 0. The van der Waals surface area contributed by atoms with Crippen molar-refractivity contribution in [2.45, 2.75) is 131 Å². The molecule has 0 radical (unpaired) electrons. The van der Waals surface area contributed by atoms with E-state index in [1.54, 1.807) is 6.92 Å².